The van der Waals surface area contributed by atoms with Crippen LogP contribution in [0.5, 0.6) is 0 Å². The molecular formula is C26H33N3O5. The summed E-state index contributed by atoms with van der Waals surface area (Å²) in [5.41, 5.74) is 2.52. The average molecular weight is 468 g/mol. The van der Waals surface area contributed by atoms with Crippen LogP contribution in [0.25, 0.3) is 0 Å². The zero-order valence-electron chi connectivity index (χ0n) is 20.0. The molecule has 2 amide bonds. The predicted molar refractivity (Wildman–Crippen MR) is 131 cm³/mol. The molecule has 1 fully saturated rings. The van der Waals surface area contributed by atoms with Gasteiger partial charge in [-0.25, -0.2) is 4.79 Å². The van der Waals surface area contributed by atoms with Crippen LogP contribution in [0.3, 0.4) is 0 Å². The second-order valence-corrected chi connectivity index (χ2v) is 8.67. The molecule has 0 radical (unpaired) electrons. The van der Waals surface area contributed by atoms with Crippen molar-refractivity contribution in [2.45, 2.75) is 39.3 Å². The first-order chi connectivity index (χ1) is 16.3. The maximum atomic E-state index is 12.7. The molecular weight excluding hydrogens is 434 g/mol. The monoisotopic (exact) mass is 467 g/mol. The molecule has 0 saturated carbocycles. The molecule has 0 aliphatic carbocycles. The minimum Gasteiger partial charge on any atom is -0.451 e. The maximum Gasteiger partial charge on any atom is 0.329 e. The van der Waals surface area contributed by atoms with Gasteiger partial charge in [-0.3, -0.25) is 9.59 Å². The number of nitrogens with one attached hydrogen (secondary N) is 2. The predicted octanol–water partition coefficient (Wildman–Crippen LogP) is 2.78. The van der Waals surface area contributed by atoms with Crippen molar-refractivity contribution in [3.8, 4) is 0 Å². The summed E-state index contributed by atoms with van der Waals surface area (Å²) < 4.78 is 10.8. The van der Waals surface area contributed by atoms with Gasteiger partial charge in [-0.05, 0) is 42.7 Å². The number of amides is 2. The summed E-state index contributed by atoms with van der Waals surface area (Å²) in [6.07, 6.45) is -0.855. The molecule has 0 spiro atoms. The molecule has 3 rings (SSSR count). The fourth-order valence-corrected chi connectivity index (χ4v) is 3.63. The van der Waals surface area contributed by atoms with Gasteiger partial charge < -0.3 is 25.0 Å². The fraction of sp³-hybridized carbons (Fsp3) is 0.423. The van der Waals surface area contributed by atoms with E-state index in [0.29, 0.717) is 18.9 Å². The number of ether oxygens (including phenoxy) is 2. The molecule has 2 aromatic carbocycles. The van der Waals surface area contributed by atoms with Crippen molar-refractivity contribution in [2.24, 2.45) is 5.92 Å². The van der Waals surface area contributed by atoms with Crippen molar-refractivity contribution in [3.05, 3.63) is 60.2 Å². The number of esters is 1. The van der Waals surface area contributed by atoms with E-state index in [4.69, 9.17) is 9.47 Å². The van der Waals surface area contributed by atoms with Crippen LogP contribution in [0.4, 0.5) is 11.4 Å². The molecule has 8 heteroatoms. The van der Waals surface area contributed by atoms with Crippen LogP contribution < -0.4 is 15.5 Å². The molecule has 2 aromatic rings. The summed E-state index contributed by atoms with van der Waals surface area (Å²) in [4.78, 5) is 40.0. The summed E-state index contributed by atoms with van der Waals surface area (Å²) in [5.74, 6) is -1.55. The van der Waals surface area contributed by atoms with Crippen LogP contribution in [-0.4, -0.2) is 56.2 Å². The number of morpholine rings is 1. The Morgan fingerprint density at radius 3 is 2.24 bits per heavy atom. The zero-order chi connectivity index (χ0) is 24.5. The maximum absolute atomic E-state index is 12.7. The molecule has 8 nitrogen and oxygen atoms in total. The highest BCUT2D eigenvalue weighted by molar-refractivity contribution is 5.96. The second kappa shape index (κ2) is 12.2. The molecule has 1 saturated heterocycles. The first-order valence-electron chi connectivity index (χ1n) is 11.6. The molecule has 0 aromatic heterocycles. The Kier molecular flexibility index (Phi) is 9.04. The van der Waals surface area contributed by atoms with Crippen LogP contribution in [0.2, 0.25) is 0 Å². The highest BCUT2D eigenvalue weighted by Gasteiger charge is 2.29. The molecule has 2 atom stereocenters. The first kappa shape index (κ1) is 25.2. The topological polar surface area (TPSA) is 97.0 Å². The average Bonchev–Trinajstić information content (AvgIpc) is 2.84. The van der Waals surface area contributed by atoms with Gasteiger partial charge in [-0.1, -0.05) is 44.2 Å². The normalized spacial score (nSPS) is 15.4. The molecule has 2 unspecified atom stereocenters. The second-order valence-electron chi connectivity index (χ2n) is 8.67. The third-order valence-electron chi connectivity index (χ3n) is 5.62. The van der Waals surface area contributed by atoms with Gasteiger partial charge >= 0.3 is 5.97 Å². The Morgan fingerprint density at radius 1 is 0.971 bits per heavy atom. The van der Waals surface area contributed by atoms with Crippen LogP contribution >= 0.6 is 0 Å². The Morgan fingerprint density at radius 2 is 1.62 bits per heavy atom. The zero-order valence-corrected chi connectivity index (χ0v) is 20.0. The van der Waals surface area contributed by atoms with Gasteiger partial charge in [-0.2, -0.15) is 0 Å². The van der Waals surface area contributed by atoms with Crippen LogP contribution in [0.15, 0.2) is 54.6 Å². The SMILES string of the molecule is CC(OC(=O)C(NC(=O)Cc1ccccc1)C(C)C)C(=O)Nc1ccc(N2CCOCC2)cc1. The fourth-order valence-electron chi connectivity index (χ4n) is 3.63. The van der Waals surface area contributed by atoms with Crippen molar-refractivity contribution in [1.29, 1.82) is 0 Å². The Labute approximate surface area is 200 Å². The molecule has 0 bridgehead atoms. The van der Waals surface area contributed by atoms with Gasteiger partial charge in [0.15, 0.2) is 6.10 Å². The lowest BCUT2D eigenvalue weighted by atomic mass is 10.0. The molecule has 1 heterocycles. The minimum atomic E-state index is -1.02. The minimum absolute atomic E-state index is 0.161. The number of benzene rings is 2. The van der Waals surface area contributed by atoms with Gasteiger partial charge in [-0.15, -0.1) is 0 Å². The van der Waals surface area contributed by atoms with Gasteiger partial charge in [0.2, 0.25) is 5.91 Å². The van der Waals surface area contributed by atoms with Crippen LogP contribution in [0, 0.1) is 5.92 Å². The van der Waals surface area contributed by atoms with Crippen molar-refractivity contribution in [1.82, 2.24) is 5.32 Å². The summed E-state index contributed by atoms with van der Waals surface area (Å²) in [7, 11) is 0. The van der Waals surface area contributed by atoms with E-state index in [9.17, 15) is 14.4 Å². The third-order valence-corrected chi connectivity index (χ3v) is 5.62. The lowest BCUT2D eigenvalue weighted by molar-refractivity contribution is -0.157. The van der Waals surface area contributed by atoms with Gasteiger partial charge in [0.05, 0.1) is 19.6 Å². The van der Waals surface area contributed by atoms with Crippen molar-refractivity contribution >= 4 is 29.2 Å². The molecule has 34 heavy (non-hydrogen) atoms. The standard InChI is InChI=1S/C26H33N3O5/c1-18(2)24(28-23(30)17-20-7-5-4-6-8-20)26(32)34-19(3)25(31)27-21-9-11-22(12-10-21)29-13-15-33-16-14-29/h4-12,18-19,24H,13-17H2,1-3H3,(H,27,31)(H,28,30). The van der Waals surface area contributed by atoms with E-state index in [0.717, 1.165) is 24.3 Å². The number of carbonyl (C=O) groups excluding carboxylic acids is 3. The number of anilines is 2. The van der Waals surface area contributed by atoms with E-state index < -0.39 is 24.0 Å². The number of carbonyl (C=O) groups is 3. The van der Waals surface area contributed by atoms with Crippen LogP contribution in [0.1, 0.15) is 26.3 Å². The smallest absolute Gasteiger partial charge is 0.329 e. The summed E-state index contributed by atoms with van der Waals surface area (Å²) in [6, 6.07) is 15.9. The Hall–Kier alpha value is -3.39. The van der Waals surface area contributed by atoms with E-state index in [2.05, 4.69) is 15.5 Å². The summed E-state index contributed by atoms with van der Waals surface area (Å²) in [6.45, 7) is 8.20. The number of hydrogen-bond acceptors (Lipinski definition) is 6. The molecule has 1 aliphatic heterocycles. The lowest BCUT2D eigenvalue weighted by Gasteiger charge is -2.29. The molecule has 1 aliphatic rings. The number of rotatable bonds is 9. The largest absolute Gasteiger partial charge is 0.451 e. The summed E-state index contributed by atoms with van der Waals surface area (Å²) >= 11 is 0. The number of hydrogen-bond donors (Lipinski definition) is 2. The van der Waals surface area contributed by atoms with E-state index in [-0.39, 0.29) is 18.2 Å². The van der Waals surface area contributed by atoms with E-state index >= 15 is 0 Å². The van der Waals surface area contributed by atoms with Gasteiger partial charge in [0, 0.05) is 24.5 Å². The first-order valence-corrected chi connectivity index (χ1v) is 11.6. The quantitative estimate of drug-likeness (QED) is 0.551. The highest BCUT2D eigenvalue weighted by atomic mass is 16.5. The summed E-state index contributed by atoms with van der Waals surface area (Å²) in [5, 5.41) is 5.51. The number of nitrogens with zero attached hydrogens (tertiary/aromatic N) is 1. The lowest BCUT2D eigenvalue weighted by Crippen LogP contribution is -2.47. The van der Waals surface area contributed by atoms with Crippen LogP contribution in [-0.2, 0) is 30.3 Å². The van der Waals surface area contributed by atoms with E-state index in [1.165, 1.54) is 6.92 Å². The Balaban J connectivity index is 1.51. The van der Waals surface area contributed by atoms with E-state index in [1.54, 1.807) is 0 Å². The molecule has 182 valence electrons. The van der Waals surface area contributed by atoms with Crippen molar-refractivity contribution in [2.75, 3.05) is 36.5 Å². The molecule has 2 N–H and O–H groups in total. The van der Waals surface area contributed by atoms with Gasteiger partial charge in [0.25, 0.3) is 5.91 Å². The highest BCUT2D eigenvalue weighted by Crippen LogP contribution is 2.19. The third kappa shape index (κ3) is 7.31. The van der Waals surface area contributed by atoms with Crippen molar-refractivity contribution in [3.63, 3.8) is 0 Å². The van der Waals surface area contributed by atoms with Gasteiger partial charge in [0.1, 0.15) is 6.04 Å². The van der Waals surface area contributed by atoms with E-state index in [1.807, 2.05) is 68.4 Å². The Bertz CT molecular complexity index is 956. The van der Waals surface area contributed by atoms with Crippen molar-refractivity contribution < 1.29 is 23.9 Å².